The van der Waals surface area contributed by atoms with E-state index in [1.807, 2.05) is 36.4 Å². The summed E-state index contributed by atoms with van der Waals surface area (Å²) in [6.45, 7) is 2.16. The number of rotatable bonds is 10. The molecule has 1 atom stereocenters. The fraction of sp³-hybridized carbons (Fsp3) is 0.206. The van der Waals surface area contributed by atoms with E-state index in [0.29, 0.717) is 34.9 Å². The molecule has 0 aliphatic rings. The molecule has 5 rings (SSSR count). The van der Waals surface area contributed by atoms with Gasteiger partial charge in [-0.1, -0.05) is 84.4 Å². The molecular formula is C34H32ClNO3S. The van der Waals surface area contributed by atoms with Crippen LogP contribution in [0.25, 0.3) is 10.9 Å². The zero-order valence-corrected chi connectivity index (χ0v) is 24.3. The van der Waals surface area contributed by atoms with Crippen molar-refractivity contribution in [2.75, 3.05) is 18.6 Å². The zero-order chi connectivity index (χ0) is 28.1. The topological polar surface area (TPSA) is 48.3 Å². The van der Waals surface area contributed by atoms with Crippen LogP contribution in [0.2, 0.25) is 5.02 Å². The van der Waals surface area contributed by atoms with Crippen LogP contribution in [0.15, 0.2) is 103 Å². The summed E-state index contributed by atoms with van der Waals surface area (Å²) in [4.78, 5) is 11.7. The van der Waals surface area contributed by atoms with Crippen LogP contribution >= 0.6 is 11.6 Å². The van der Waals surface area contributed by atoms with E-state index in [4.69, 9.17) is 16.3 Å². The van der Waals surface area contributed by atoms with E-state index in [-0.39, 0.29) is 12.0 Å². The van der Waals surface area contributed by atoms with E-state index in [1.165, 1.54) is 23.8 Å². The van der Waals surface area contributed by atoms with Gasteiger partial charge in [-0.3, -0.25) is 4.21 Å². The SMILES string of the molecule is COC(=O)c1ccc(CCS(=O)CCc2c(C)n(C(c3ccccc3)c3ccccc3)c3ccc(Cl)cc23)cc1. The molecule has 0 saturated heterocycles. The van der Waals surface area contributed by atoms with Gasteiger partial charge >= 0.3 is 5.97 Å². The number of hydrogen-bond acceptors (Lipinski definition) is 3. The third-order valence-electron chi connectivity index (χ3n) is 7.40. The van der Waals surface area contributed by atoms with Crippen LogP contribution in [0.5, 0.6) is 0 Å². The molecule has 204 valence electrons. The standard InChI is InChI=1S/C34H32ClNO3S/c1-24-30(20-22-40(38)21-19-25-13-15-28(16-14-25)34(37)39-2)31-23-29(35)17-18-32(31)36(24)33(26-9-5-3-6-10-26)27-11-7-4-8-12-27/h3-18,23,33H,19-22H2,1-2H3. The van der Waals surface area contributed by atoms with Crippen LogP contribution in [0.3, 0.4) is 0 Å². The number of aryl methyl sites for hydroxylation is 2. The Bertz CT molecular complexity index is 1590. The Hall–Kier alpha value is -3.67. The third-order valence-corrected chi connectivity index (χ3v) is 8.96. The van der Waals surface area contributed by atoms with Crippen molar-refractivity contribution < 1.29 is 13.7 Å². The van der Waals surface area contributed by atoms with Gasteiger partial charge in [0, 0.05) is 43.9 Å². The third kappa shape index (κ3) is 6.06. The minimum Gasteiger partial charge on any atom is -0.465 e. The number of carbonyl (C=O) groups excluding carboxylic acids is 1. The average Bonchev–Trinajstić information content (AvgIpc) is 3.26. The first-order chi connectivity index (χ1) is 19.5. The monoisotopic (exact) mass is 569 g/mol. The lowest BCUT2D eigenvalue weighted by atomic mass is 9.98. The number of fused-ring (bicyclic) bond motifs is 1. The number of ether oxygens (including phenoxy) is 1. The molecule has 40 heavy (non-hydrogen) atoms. The highest BCUT2D eigenvalue weighted by Crippen LogP contribution is 2.37. The molecule has 4 aromatic carbocycles. The minimum absolute atomic E-state index is 0.00159. The molecule has 1 aromatic heterocycles. The first kappa shape index (κ1) is 27.9. The Morgan fingerprint density at radius 3 is 2.05 bits per heavy atom. The lowest BCUT2D eigenvalue weighted by molar-refractivity contribution is 0.0600. The summed E-state index contributed by atoms with van der Waals surface area (Å²) >= 11 is 6.49. The van der Waals surface area contributed by atoms with E-state index in [9.17, 15) is 9.00 Å². The summed E-state index contributed by atoms with van der Waals surface area (Å²) in [5, 5.41) is 1.80. The Kier molecular flexibility index (Phi) is 8.83. The van der Waals surface area contributed by atoms with E-state index in [0.717, 1.165) is 22.2 Å². The van der Waals surface area contributed by atoms with Crippen molar-refractivity contribution in [1.82, 2.24) is 4.57 Å². The minimum atomic E-state index is -1.00. The first-order valence-electron chi connectivity index (χ1n) is 13.4. The number of methoxy groups -OCH3 is 1. The van der Waals surface area contributed by atoms with Gasteiger partial charge in [-0.05, 0) is 72.4 Å². The van der Waals surface area contributed by atoms with Gasteiger partial charge in [0.1, 0.15) is 0 Å². The van der Waals surface area contributed by atoms with Crippen molar-refractivity contribution in [3.8, 4) is 0 Å². The Morgan fingerprint density at radius 2 is 1.45 bits per heavy atom. The van der Waals surface area contributed by atoms with Gasteiger partial charge in [0.2, 0.25) is 0 Å². The fourth-order valence-corrected chi connectivity index (χ4v) is 6.64. The average molecular weight is 570 g/mol. The summed E-state index contributed by atoms with van der Waals surface area (Å²) in [5.41, 5.74) is 7.44. The molecule has 0 saturated carbocycles. The number of aromatic nitrogens is 1. The normalized spacial score (nSPS) is 12.1. The quantitative estimate of drug-likeness (QED) is 0.163. The van der Waals surface area contributed by atoms with Crippen molar-refractivity contribution in [2.45, 2.75) is 25.8 Å². The maximum Gasteiger partial charge on any atom is 0.337 e. The van der Waals surface area contributed by atoms with Crippen LogP contribution in [0.4, 0.5) is 0 Å². The molecular weight excluding hydrogens is 538 g/mol. The number of halogens is 1. The number of carbonyl (C=O) groups is 1. The lowest BCUT2D eigenvalue weighted by Crippen LogP contribution is -2.14. The molecule has 0 radical (unpaired) electrons. The second-order valence-electron chi connectivity index (χ2n) is 9.86. The van der Waals surface area contributed by atoms with Gasteiger partial charge in [-0.2, -0.15) is 0 Å². The number of esters is 1. The molecule has 6 heteroatoms. The number of hydrogen-bond donors (Lipinski definition) is 0. The summed E-state index contributed by atoms with van der Waals surface area (Å²) < 4.78 is 20.3. The van der Waals surface area contributed by atoms with Gasteiger partial charge in [0.05, 0.1) is 18.7 Å². The Morgan fingerprint density at radius 1 is 0.850 bits per heavy atom. The van der Waals surface area contributed by atoms with E-state index >= 15 is 0 Å². The molecule has 5 aromatic rings. The highest BCUT2D eigenvalue weighted by Gasteiger charge is 2.23. The Balaban J connectivity index is 1.41. The summed E-state index contributed by atoms with van der Waals surface area (Å²) in [5.74, 6) is 0.771. The molecule has 4 nitrogen and oxygen atoms in total. The van der Waals surface area contributed by atoms with Crippen molar-refractivity contribution in [2.24, 2.45) is 0 Å². The van der Waals surface area contributed by atoms with Crippen LogP contribution in [-0.2, 0) is 28.4 Å². The number of nitrogens with zero attached hydrogens (tertiary/aromatic N) is 1. The molecule has 1 heterocycles. The fourth-order valence-electron chi connectivity index (χ4n) is 5.37. The van der Waals surface area contributed by atoms with Gasteiger partial charge in [-0.25, -0.2) is 4.79 Å². The van der Waals surface area contributed by atoms with Crippen molar-refractivity contribution in [1.29, 1.82) is 0 Å². The molecule has 0 bridgehead atoms. The van der Waals surface area contributed by atoms with E-state index in [2.05, 4.69) is 66.1 Å². The molecule has 1 unspecified atom stereocenters. The molecule has 0 N–H and O–H groups in total. The number of benzene rings is 4. The maximum atomic E-state index is 13.1. The second kappa shape index (κ2) is 12.7. The first-order valence-corrected chi connectivity index (χ1v) is 15.2. The Labute approximate surface area is 243 Å². The van der Waals surface area contributed by atoms with E-state index in [1.54, 1.807) is 12.1 Å². The summed E-state index contributed by atoms with van der Waals surface area (Å²) in [7, 11) is 0.370. The van der Waals surface area contributed by atoms with Crippen molar-refractivity contribution >= 4 is 39.3 Å². The molecule has 0 fully saturated rings. The van der Waals surface area contributed by atoms with Crippen molar-refractivity contribution in [3.05, 3.63) is 142 Å². The predicted octanol–water partition coefficient (Wildman–Crippen LogP) is 7.56. The van der Waals surface area contributed by atoms with Gasteiger partial charge in [-0.15, -0.1) is 0 Å². The van der Waals surface area contributed by atoms with Gasteiger partial charge in [0.25, 0.3) is 0 Å². The molecule has 0 amide bonds. The molecule has 0 aliphatic heterocycles. The van der Waals surface area contributed by atoms with Gasteiger partial charge in [0.15, 0.2) is 0 Å². The largest absolute Gasteiger partial charge is 0.465 e. The van der Waals surface area contributed by atoms with Gasteiger partial charge < -0.3 is 9.30 Å². The van der Waals surface area contributed by atoms with E-state index < -0.39 is 10.8 Å². The summed E-state index contributed by atoms with van der Waals surface area (Å²) in [6, 6.07) is 34.5. The zero-order valence-electron chi connectivity index (χ0n) is 22.7. The predicted molar refractivity (Wildman–Crippen MR) is 165 cm³/mol. The lowest BCUT2D eigenvalue weighted by Gasteiger charge is -2.23. The van der Waals surface area contributed by atoms with Crippen molar-refractivity contribution in [3.63, 3.8) is 0 Å². The van der Waals surface area contributed by atoms with Crippen LogP contribution < -0.4 is 0 Å². The molecule has 0 aliphatic carbocycles. The van der Waals surface area contributed by atoms with Crippen LogP contribution in [0, 0.1) is 6.92 Å². The highest BCUT2D eigenvalue weighted by atomic mass is 35.5. The van der Waals surface area contributed by atoms with Crippen LogP contribution in [-0.4, -0.2) is 33.4 Å². The highest BCUT2D eigenvalue weighted by molar-refractivity contribution is 7.84. The maximum absolute atomic E-state index is 13.1. The van der Waals surface area contributed by atoms with Crippen LogP contribution in [0.1, 0.15) is 44.3 Å². The molecule has 0 spiro atoms. The summed E-state index contributed by atoms with van der Waals surface area (Å²) in [6.07, 6.45) is 1.38. The smallest absolute Gasteiger partial charge is 0.337 e. The second-order valence-corrected chi connectivity index (χ2v) is 12.0.